The third-order valence-corrected chi connectivity index (χ3v) is 4.47. The number of morpholine rings is 1. The van der Waals surface area contributed by atoms with E-state index in [2.05, 4.69) is 4.98 Å². The molecule has 1 N–H and O–H groups in total. The summed E-state index contributed by atoms with van der Waals surface area (Å²) in [7, 11) is 0. The highest BCUT2D eigenvalue weighted by atomic mass is 16.5. The summed E-state index contributed by atoms with van der Waals surface area (Å²) in [6, 6.07) is 12.0. The first kappa shape index (κ1) is 16.3. The van der Waals surface area contributed by atoms with Gasteiger partial charge in [-0.2, -0.15) is 0 Å². The Kier molecular flexibility index (Phi) is 4.14. The van der Waals surface area contributed by atoms with Crippen molar-refractivity contribution in [2.24, 2.45) is 0 Å². The fourth-order valence-electron chi connectivity index (χ4n) is 3.15. The normalized spacial score (nSPS) is 14.5. The number of carbonyl (C=O) groups excluding carboxylic acids is 1. The second-order valence-corrected chi connectivity index (χ2v) is 6.07. The Bertz CT molecular complexity index is 1040. The van der Waals surface area contributed by atoms with Gasteiger partial charge in [0, 0.05) is 36.3 Å². The number of aromatic nitrogens is 2. The van der Waals surface area contributed by atoms with Gasteiger partial charge in [-0.3, -0.25) is 9.59 Å². The quantitative estimate of drug-likeness (QED) is 0.712. The number of pyridine rings is 2. The molecule has 1 saturated heterocycles. The van der Waals surface area contributed by atoms with Crippen LogP contribution in [0.5, 0.6) is 0 Å². The van der Waals surface area contributed by atoms with E-state index < -0.39 is 5.56 Å². The summed E-state index contributed by atoms with van der Waals surface area (Å²) in [4.78, 5) is 30.6. The number of hydrogen-bond acceptors (Lipinski definition) is 5. The molecule has 0 aliphatic carbocycles. The van der Waals surface area contributed by atoms with E-state index in [-0.39, 0.29) is 11.6 Å². The molecular formula is C19H17N3O4. The number of fused-ring (bicyclic) bond motifs is 1. The van der Waals surface area contributed by atoms with Crippen LogP contribution in [0.4, 0.5) is 0 Å². The van der Waals surface area contributed by atoms with E-state index >= 15 is 0 Å². The third-order valence-electron chi connectivity index (χ3n) is 4.47. The lowest BCUT2D eigenvalue weighted by Crippen LogP contribution is -2.40. The van der Waals surface area contributed by atoms with Crippen LogP contribution in [0.2, 0.25) is 0 Å². The monoisotopic (exact) mass is 351 g/mol. The van der Waals surface area contributed by atoms with Gasteiger partial charge in [-0.05, 0) is 35.4 Å². The first-order chi connectivity index (χ1) is 12.6. The number of hydrogen-bond donors (Lipinski definition) is 1. The van der Waals surface area contributed by atoms with Crippen LogP contribution in [0.25, 0.3) is 22.2 Å². The number of rotatable bonds is 2. The fourth-order valence-corrected chi connectivity index (χ4v) is 3.15. The molecule has 1 aromatic carbocycles. The molecule has 1 aliphatic heterocycles. The maximum Gasteiger partial charge on any atom is 0.285 e. The van der Waals surface area contributed by atoms with Crippen LogP contribution in [-0.2, 0) is 4.74 Å². The van der Waals surface area contributed by atoms with Gasteiger partial charge in [0.15, 0.2) is 5.65 Å². The van der Waals surface area contributed by atoms with Crippen LogP contribution in [-0.4, -0.2) is 52.0 Å². The van der Waals surface area contributed by atoms with Crippen molar-refractivity contribution in [3.8, 4) is 11.1 Å². The smallest absolute Gasteiger partial charge is 0.285 e. The van der Waals surface area contributed by atoms with Crippen molar-refractivity contribution in [1.82, 2.24) is 14.6 Å². The molecule has 7 nitrogen and oxygen atoms in total. The van der Waals surface area contributed by atoms with Crippen molar-refractivity contribution in [3.63, 3.8) is 0 Å². The maximum atomic E-state index is 12.7. The summed E-state index contributed by atoms with van der Waals surface area (Å²) in [6.45, 7) is 2.21. The van der Waals surface area contributed by atoms with Crippen LogP contribution in [0.3, 0.4) is 0 Å². The lowest BCUT2D eigenvalue weighted by atomic mass is 10.00. The molecule has 1 amide bonds. The van der Waals surface area contributed by atoms with Crippen molar-refractivity contribution in [2.45, 2.75) is 0 Å². The predicted octanol–water partition coefficient (Wildman–Crippen LogP) is 1.77. The van der Waals surface area contributed by atoms with Gasteiger partial charge in [0.2, 0.25) is 0 Å². The van der Waals surface area contributed by atoms with Crippen LogP contribution in [0.15, 0.2) is 53.5 Å². The Hall–Kier alpha value is -3.19. The molecular weight excluding hydrogens is 334 g/mol. The standard InChI is InChI=1S/C19H17N3O4/c23-17-12-16(15-5-2-6-20-18(15)22(17)25)13-3-1-4-14(11-13)19(24)21-7-9-26-10-8-21/h1-6,11-12,25H,7-10H2. The van der Waals surface area contributed by atoms with Crippen molar-refractivity contribution in [3.05, 3.63) is 64.6 Å². The third kappa shape index (κ3) is 2.82. The van der Waals surface area contributed by atoms with Crippen molar-refractivity contribution in [2.75, 3.05) is 26.3 Å². The Balaban J connectivity index is 1.80. The number of nitrogens with zero attached hydrogens (tertiary/aromatic N) is 3. The molecule has 1 aliphatic rings. The molecule has 2 aromatic heterocycles. The second kappa shape index (κ2) is 6.61. The molecule has 0 spiro atoms. The largest absolute Gasteiger partial charge is 0.423 e. The van der Waals surface area contributed by atoms with Gasteiger partial charge < -0.3 is 14.8 Å². The van der Waals surface area contributed by atoms with Gasteiger partial charge in [0.25, 0.3) is 11.5 Å². The summed E-state index contributed by atoms with van der Waals surface area (Å²) in [6.07, 6.45) is 1.51. The zero-order chi connectivity index (χ0) is 18.1. The number of benzene rings is 1. The van der Waals surface area contributed by atoms with Gasteiger partial charge in [-0.15, -0.1) is 4.73 Å². The highest BCUT2D eigenvalue weighted by Crippen LogP contribution is 2.27. The minimum Gasteiger partial charge on any atom is -0.423 e. The van der Waals surface area contributed by atoms with Gasteiger partial charge >= 0.3 is 0 Å². The first-order valence-corrected chi connectivity index (χ1v) is 8.32. The van der Waals surface area contributed by atoms with Crippen molar-refractivity contribution < 1.29 is 14.7 Å². The Morgan fingerprint density at radius 3 is 2.73 bits per heavy atom. The minimum atomic E-state index is -0.573. The van der Waals surface area contributed by atoms with E-state index in [1.165, 1.54) is 12.3 Å². The molecule has 0 atom stereocenters. The number of ether oxygens (including phenoxy) is 1. The van der Waals surface area contributed by atoms with E-state index in [4.69, 9.17) is 4.74 Å². The predicted molar refractivity (Wildman–Crippen MR) is 95.3 cm³/mol. The zero-order valence-corrected chi connectivity index (χ0v) is 14.0. The van der Waals surface area contributed by atoms with Gasteiger partial charge in [-0.25, -0.2) is 4.98 Å². The fraction of sp³-hybridized carbons (Fsp3) is 0.211. The molecule has 0 saturated carbocycles. The molecule has 4 rings (SSSR count). The number of carbonyl (C=O) groups is 1. The van der Waals surface area contributed by atoms with Gasteiger partial charge in [0.05, 0.1) is 13.2 Å². The van der Waals surface area contributed by atoms with E-state index in [0.717, 1.165) is 5.56 Å². The van der Waals surface area contributed by atoms with E-state index in [1.807, 2.05) is 6.07 Å². The topological polar surface area (TPSA) is 84.7 Å². The van der Waals surface area contributed by atoms with Crippen LogP contribution in [0.1, 0.15) is 10.4 Å². The van der Waals surface area contributed by atoms with E-state index in [0.29, 0.717) is 47.5 Å². The maximum absolute atomic E-state index is 12.7. The Morgan fingerprint density at radius 1 is 1.12 bits per heavy atom. The zero-order valence-electron chi connectivity index (χ0n) is 14.0. The molecule has 132 valence electrons. The van der Waals surface area contributed by atoms with Gasteiger partial charge in [-0.1, -0.05) is 12.1 Å². The second-order valence-electron chi connectivity index (χ2n) is 6.07. The summed E-state index contributed by atoms with van der Waals surface area (Å²) in [5.41, 5.74) is 1.51. The summed E-state index contributed by atoms with van der Waals surface area (Å²) < 4.78 is 5.82. The molecule has 0 bridgehead atoms. The average Bonchev–Trinajstić information content (AvgIpc) is 2.71. The Labute approximate surface area is 149 Å². The highest BCUT2D eigenvalue weighted by molar-refractivity contribution is 5.98. The molecule has 3 aromatic rings. The first-order valence-electron chi connectivity index (χ1n) is 8.32. The lowest BCUT2D eigenvalue weighted by molar-refractivity contribution is 0.0303. The molecule has 26 heavy (non-hydrogen) atoms. The molecule has 1 fully saturated rings. The molecule has 7 heteroatoms. The van der Waals surface area contributed by atoms with Crippen LogP contribution >= 0.6 is 0 Å². The average molecular weight is 351 g/mol. The van der Waals surface area contributed by atoms with Gasteiger partial charge in [0.1, 0.15) is 0 Å². The lowest BCUT2D eigenvalue weighted by Gasteiger charge is -2.27. The minimum absolute atomic E-state index is 0.0620. The van der Waals surface area contributed by atoms with Crippen LogP contribution < -0.4 is 5.56 Å². The summed E-state index contributed by atoms with van der Waals surface area (Å²) in [5.74, 6) is -0.0620. The van der Waals surface area contributed by atoms with Crippen molar-refractivity contribution >= 4 is 16.9 Å². The Morgan fingerprint density at radius 2 is 1.92 bits per heavy atom. The number of amides is 1. The van der Waals surface area contributed by atoms with Crippen LogP contribution in [0, 0.1) is 0 Å². The molecule has 0 radical (unpaired) electrons. The molecule has 0 unspecified atom stereocenters. The van der Waals surface area contributed by atoms with Crippen molar-refractivity contribution in [1.29, 1.82) is 0 Å². The SMILES string of the molecule is O=C(c1cccc(-c2cc(=O)n(O)c3ncccc23)c1)N1CCOCC1. The summed E-state index contributed by atoms with van der Waals surface area (Å²) in [5, 5.41) is 10.5. The van der Waals surface area contributed by atoms with E-state index in [9.17, 15) is 14.8 Å². The van der Waals surface area contributed by atoms with E-state index in [1.54, 1.807) is 35.2 Å². The molecule has 3 heterocycles. The highest BCUT2D eigenvalue weighted by Gasteiger charge is 2.19. The summed E-state index contributed by atoms with van der Waals surface area (Å²) >= 11 is 0.